The Morgan fingerprint density at radius 3 is 2.53 bits per heavy atom. The van der Waals surface area contributed by atoms with E-state index in [4.69, 9.17) is 9.47 Å². The predicted octanol–water partition coefficient (Wildman–Crippen LogP) is 7.17. The van der Waals surface area contributed by atoms with Crippen LogP contribution < -0.4 is 0 Å². The molecule has 5 fully saturated rings. The van der Waals surface area contributed by atoms with Gasteiger partial charge in [0.25, 0.3) is 0 Å². The Labute approximate surface area is 196 Å². The van der Waals surface area contributed by atoms with Gasteiger partial charge in [-0.2, -0.15) is 0 Å². The van der Waals surface area contributed by atoms with Crippen LogP contribution in [-0.2, 0) is 14.3 Å². The summed E-state index contributed by atoms with van der Waals surface area (Å²) in [7, 11) is 0. The number of hydrogen-bond donors (Lipinski definition) is 0. The van der Waals surface area contributed by atoms with E-state index < -0.39 is 0 Å². The van der Waals surface area contributed by atoms with Crippen LogP contribution in [0, 0.1) is 46.3 Å². The average Bonchev–Trinajstić information content (AvgIpc) is 3.28. The van der Waals surface area contributed by atoms with Gasteiger partial charge in [-0.05, 0) is 85.9 Å². The molecule has 0 aromatic heterocycles. The van der Waals surface area contributed by atoms with Crippen molar-refractivity contribution in [3.8, 4) is 0 Å². The Morgan fingerprint density at radius 2 is 1.81 bits per heavy atom. The second-order valence-corrected chi connectivity index (χ2v) is 13.5. The van der Waals surface area contributed by atoms with Crippen LogP contribution in [0.4, 0.5) is 0 Å². The van der Waals surface area contributed by atoms with E-state index in [1.54, 1.807) is 6.92 Å². The molecule has 3 nitrogen and oxygen atoms in total. The lowest BCUT2D eigenvalue weighted by atomic mass is 9.44. The van der Waals surface area contributed by atoms with E-state index in [1.807, 2.05) is 0 Å². The molecule has 1 spiro atoms. The Balaban J connectivity index is 1.30. The van der Waals surface area contributed by atoms with Crippen molar-refractivity contribution >= 4 is 5.97 Å². The van der Waals surface area contributed by atoms with Crippen LogP contribution in [0.3, 0.4) is 0 Å². The summed E-state index contributed by atoms with van der Waals surface area (Å²) in [5.74, 6) is 5.03. The normalized spacial score (nSPS) is 50.1. The van der Waals surface area contributed by atoms with Crippen molar-refractivity contribution in [3.63, 3.8) is 0 Å². The van der Waals surface area contributed by atoms with Gasteiger partial charge >= 0.3 is 5.97 Å². The lowest BCUT2D eigenvalue weighted by molar-refractivity contribution is -0.157. The molecular formula is C29H48O3. The van der Waals surface area contributed by atoms with E-state index in [0.29, 0.717) is 11.5 Å². The van der Waals surface area contributed by atoms with Gasteiger partial charge < -0.3 is 9.47 Å². The van der Waals surface area contributed by atoms with E-state index in [0.717, 1.165) is 48.3 Å². The average molecular weight is 445 g/mol. The molecule has 5 aliphatic rings. The summed E-state index contributed by atoms with van der Waals surface area (Å²) >= 11 is 0. The minimum Gasteiger partial charge on any atom is -0.462 e. The fourth-order valence-corrected chi connectivity index (χ4v) is 10.00. The van der Waals surface area contributed by atoms with Gasteiger partial charge in [0.05, 0.1) is 6.10 Å². The second-order valence-electron chi connectivity index (χ2n) is 13.5. The van der Waals surface area contributed by atoms with Crippen molar-refractivity contribution in [1.82, 2.24) is 0 Å². The van der Waals surface area contributed by atoms with E-state index in [2.05, 4.69) is 34.6 Å². The maximum atomic E-state index is 11.6. The summed E-state index contributed by atoms with van der Waals surface area (Å²) < 4.78 is 12.3. The van der Waals surface area contributed by atoms with E-state index in [1.165, 1.54) is 57.8 Å². The molecule has 0 radical (unpaired) electrons. The van der Waals surface area contributed by atoms with E-state index in [-0.39, 0.29) is 23.1 Å². The van der Waals surface area contributed by atoms with Gasteiger partial charge in [0.1, 0.15) is 11.7 Å². The lowest BCUT2D eigenvalue weighted by Crippen LogP contribution is -2.59. The van der Waals surface area contributed by atoms with Crippen molar-refractivity contribution in [3.05, 3.63) is 0 Å². The molecule has 32 heavy (non-hydrogen) atoms. The van der Waals surface area contributed by atoms with Crippen LogP contribution in [0.25, 0.3) is 0 Å². The van der Waals surface area contributed by atoms with Crippen molar-refractivity contribution in [2.45, 2.75) is 130 Å². The number of hydrogen-bond acceptors (Lipinski definition) is 3. The first-order valence-corrected chi connectivity index (χ1v) is 14.0. The first-order valence-electron chi connectivity index (χ1n) is 14.0. The van der Waals surface area contributed by atoms with Gasteiger partial charge in [0.2, 0.25) is 0 Å². The summed E-state index contributed by atoms with van der Waals surface area (Å²) in [6, 6.07) is 0. The third kappa shape index (κ3) is 3.42. The molecule has 0 aromatic carbocycles. The lowest BCUT2D eigenvalue weighted by Gasteiger charge is -2.59. The number of ether oxygens (including phenoxy) is 2. The van der Waals surface area contributed by atoms with Crippen molar-refractivity contribution in [2.75, 3.05) is 0 Å². The molecule has 1 saturated heterocycles. The standard InChI is InChI=1S/C29H48O3/c1-18(2)8-7-9-19(3)23-10-11-24-22-16-26-29(32-26)17-21(31-20(4)30)12-15-28(29,6)25(22)13-14-27(23,24)5/h18-19,21-26H,7-17H2,1-6H3/t19-,21?,22+,23-,24+,25+,26+,27-,28-,29+/m1/s1. The van der Waals surface area contributed by atoms with Gasteiger partial charge in [-0.15, -0.1) is 0 Å². The van der Waals surface area contributed by atoms with Crippen LogP contribution in [0.5, 0.6) is 0 Å². The van der Waals surface area contributed by atoms with Gasteiger partial charge in [-0.25, -0.2) is 0 Å². The van der Waals surface area contributed by atoms with Gasteiger partial charge in [-0.3, -0.25) is 4.79 Å². The maximum Gasteiger partial charge on any atom is 0.302 e. The molecule has 1 aliphatic heterocycles. The number of fused-ring (bicyclic) bond motifs is 4. The first kappa shape index (κ1) is 23.2. The summed E-state index contributed by atoms with van der Waals surface area (Å²) in [5.41, 5.74) is 0.820. The molecule has 10 atom stereocenters. The largest absolute Gasteiger partial charge is 0.462 e. The smallest absolute Gasteiger partial charge is 0.302 e. The van der Waals surface area contributed by atoms with Gasteiger partial charge in [0.15, 0.2) is 0 Å². The highest BCUT2D eigenvalue weighted by Crippen LogP contribution is 2.74. The fraction of sp³-hybridized carbons (Fsp3) is 0.966. The monoisotopic (exact) mass is 444 g/mol. The topological polar surface area (TPSA) is 38.8 Å². The van der Waals surface area contributed by atoms with Crippen molar-refractivity contribution in [2.24, 2.45) is 46.3 Å². The Bertz CT molecular complexity index is 732. The Morgan fingerprint density at radius 1 is 1.03 bits per heavy atom. The van der Waals surface area contributed by atoms with Gasteiger partial charge in [-0.1, -0.05) is 53.9 Å². The number of carbonyl (C=O) groups excluding carboxylic acids is 1. The molecule has 4 aliphatic carbocycles. The van der Waals surface area contributed by atoms with Gasteiger partial charge in [0, 0.05) is 18.8 Å². The van der Waals surface area contributed by atoms with E-state index >= 15 is 0 Å². The molecule has 4 saturated carbocycles. The number of epoxide rings is 1. The highest BCUT2D eigenvalue weighted by Gasteiger charge is 2.76. The zero-order chi connectivity index (χ0) is 22.9. The molecule has 5 rings (SSSR count). The van der Waals surface area contributed by atoms with E-state index in [9.17, 15) is 4.79 Å². The summed E-state index contributed by atoms with van der Waals surface area (Å²) in [6.45, 7) is 14.1. The summed E-state index contributed by atoms with van der Waals surface area (Å²) in [4.78, 5) is 11.6. The zero-order valence-electron chi connectivity index (χ0n) is 21.6. The summed E-state index contributed by atoms with van der Waals surface area (Å²) in [6.07, 6.45) is 14.8. The second kappa shape index (κ2) is 7.99. The first-order chi connectivity index (χ1) is 15.1. The molecule has 1 unspecified atom stereocenters. The molecule has 3 heteroatoms. The molecule has 0 bridgehead atoms. The van der Waals surface area contributed by atoms with Crippen LogP contribution in [0.1, 0.15) is 112 Å². The number of carbonyl (C=O) groups is 1. The van der Waals surface area contributed by atoms with Crippen LogP contribution in [0.15, 0.2) is 0 Å². The maximum absolute atomic E-state index is 11.6. The van der Waals surface area contributed by atoms with Crippen LogP contribution >= 0.6 is 0 Å². The SMILES string of the molecule is CC(=O)OC1CC[C@]2(C)[C@H]3CC[C@]4(C)[C@@H]([C@H](C)CCCC(C)C)CC[C@H]4[C@@H]3C[C@@H]3O[C@@]32C1. The quantitative estimate of drug-likeness (QED) is 0.322. The molecule has 0 N–H and O–H groups in total. The number of esters is 1. The highest BCUT2D eigenvalue weighted by molar-refractivity contribution is 5.66. The molecule has 0 aromatic rings. The molecule has 0 amide bonds. The molecule has 1 heterocycles. The third-order valence-electron chi connectivity index (χ3n) is 11.6. The minimum absolute atomic E-state index is 0.00240. The Kier molecular flexibility index (Phi) is 5.79. The van der Waals surface area contributed by atoms with Crippen LogP contribution in [-0.4, -0.2) is 23.8 Å². The molecule has 182 valence electrons. The van der Waals surface area contributed by atoms with Crippen molar-refractivity contribution < 1.29 is 14.3 Å². The van der Waals surface area contributed by atoms with Crippen LogP contribution in [0.2, 0.25) is 0 Å². The fourth-order valence-electron chi connectivity index (χ4n) is 10.00. The van der Waals surface area contributed by atoms with Crippen molar-refractivity contribution in [1.29, 1.82) is 0 Å². The zero-order valence-corrected chi connectivity index (χ0v) is 21.6. The highest BCUT2D eigenvalue weighted by atomic mass is 16.6. The predicted molar refractivity (Wildman–Crippen MR) is 128 cm³/mol. The number of rotatable bonds is 6. The third-order valence-corrected chi connectivity index (χ3v) is 11.6. The molecular weight excluding hydrogens is 396 g/mol. The minimum atomic E-state index is -0.131. The summed E-state index contributed by atoms with van der Waals surface area (Å²) in [5, 5.41) is 0. The Hall–Kier alpha value is -0.570.